The summed E-state index contributed by atoms with van der Waals surface area (Å²) in [6, 6.07) is 9.48. The minimum absolute atomic E-state index is 0.135. The van der Waals surface area contributed by atoms with Crippen molar-refractivity contribution in [3.8, 4) is 0 Å². The first-order valence-corrected chi connectivity index (χ1v) is 8.87. The van der Waals surface area contributed by atoms with E-state index < -0.39 is 0 Å². The Labute approximate surface area is 147 Å². The highest BCUT2D eigenvalue weighted by Gasteiger charge is 2.22. The van der Waals surface area contributed by atoms with Crippen LogP contribution in [0.2, 0.25) is 20.1 Å². The minimum Gasteiger partial charge on any atom is -0.376 e. The van der Waals surface area contributed by atoms with Crippen LogP contribution in [0, 0.1) is 0 Å². The summed E-state index contributed by atoms with van der Waals surface area (Å²) in [7, 11) is 0. The standard InChI is InChI=1S/C15H11Cl4NS/c16-8-1-2-14-10(5-8)13(3-4-21-14)20-15-11(18)6-9(17)7-12(15)19/h1-2,5-7,13,20H,3-4H2. The number of anilines is 1. The number of thioether (sulfide) groups is 1. The molecular formula is C15H11Cl4NS. The van der Waals surface area contributed by atoms with Gasteiger partial charge in [0.1, 0.15) is 0 Å². The van der Waals surface area contributed by atoms with E-state index in [9.17, 15) is 0 Å². The summed E-state index contributed by atoms with van der Waals surface area (Å²) in [5, 5.41) is 5.74. The van der Waals surface area contributed by atoms with Gasteiger partial charge >= 0.3 is 0 Å². The van der Waals surface area contributed by atoms with Crippen molar-refractivity contribution in [3.63, 3.8) is 0 Å². The van der Waals surface area contributed by atoms with E-state index in [0.29, 0.717) is 20.8 Å². The van der Waals surface area contributed by atoms with Crippen LogP contribution >= 0.6 is 58.2 Å². The molecule has 1 aliphatic rings. The summed E-state index contributed by atoms with van der Waals surface area (Å²) in [4.78, 5) is 1.24. The van der Waals surface area contributed by atoms with Crippen molar-refractivity contribution in [3.05, 3.63) is 56.0 Å². The van der Waals surface area contributed by atoms with Crippen LogP contribution in [-0.2, 0) is 0 Å². The third kappa shape index (κ3) is 3.40. The number of hydrogen-bond acceptors (Lipinski definition) is 2. The van der Waals surface area contributed by atoms with Gasteiger partial charge in [0.15, 0.2) is 0 Å². The number of rotatable bonds is 2. The number of benzene rings is 2. The van der Waals surface area contributed by atoms with Gasteiger partial charge in [-0.1, -0.05) is 46.4 Å². The highest BCUT2D eigenvalue weighted by Crippen LogP contribution is 2.42. The van der Waals surface area contributed by atoms with Gasteiger partial charge in [-0.25, -0.2) is 0 Å². The van der Waals surface area contributed by atoms with Crippen LogP contribution in [0.5, 0.6) is 0 Å². The molecule has 2 aromatic rings. The van der Waals surface area contributed by atoms with E-state index in [-0.39, 0.29) is 6.04 Å². The lowest BCUT2D eigenvalue weighted by Crippen LogP contribution is -2.16. The largest absolute Gasteiger partial charge is 0.376 e. The molecule has 0 fully saturated rings. The van der Waals surface area contributed by atoms with Gasteiger partial charge in [0.2, 0.25) is 0 Å². The Bertz CT molecular complexity index is 666. The molecule has 1 atom stereocenters. The SMILES string of the molecule is Clc1cc(Cl)c(NC2CCSc3ccc(Cl)cc32)c(Cl)c1. The molecule has 6 heteroatoms. The fourth-order valence-corrected chi connectivity index (χ4v) is 4.58. The Balaban J connectivity index is 1.96. The Kier molecular flexibility index (Phi) is 4.82. The van der Waals surface area contributed by atoms with Crippen LogP contribution in [0.3, 0.4) is 0 Å². The minimum atomic E-state index is 0.135. The first-order valence-electron chi connectivity index (χ1n) is 6.38. The van der Waals surface area contributed by atoms with Crippen molar-refractivity contribution in [2.45, 2.75) is 17.4 Å². The molecule has 0 saturated carbocycles. The lowest BCUT2D eigenvalue weighted by atomic mass is 10.0. The molecule has 0 saturated heterocycles. The van der Waals surface area contributed by atoms with Crippen LogP contribution < -0.4 is 5.32 Å². The Hall–Kier alpha value is -0.250. The average Bonchev–Trinajstić information content (AvgIpc) is 2.43. The van der Waals surface area contributed by atoms with Crippen molar-refractivity contribution in [1.29, 1.82) is 0 Å². The maximum atomic E-state index is 6.25. The summed E-state index contributed by atoms with van der Waals surface area (Å²) in [6.45, 7) is 0. The second-order valence-corrected chi connectivity index (χ2v) is 7.58. The van der Waals surface area contributed by atoms with E-state index >= 15 is 0 Å². The average molecular weight is 379 g/mol. The number of hydrogen-bond donors (Lipinski definition) is 1. The van der Waals surface area contributed by atoms with Gasteiger partial charge < -0.3 is 5.32 Å². The van der Waals surface area contributed by atoms with Crippen molar-refractivity contribution < 1.29 is 0 Å². The fraction of sp³-hybridized carbons (Fsp3) is 0.200. The summed E-state index contributed by atoms with van der Waals surface area (Å²) in [5.74, 6) is 1.04. The summed E-state index contributed by atoms with van der Waals surface area (Å²) >= 11 is 26.4. The maximum absolute atomic E-state index is 6.25. The molecular weight excluding hydrogens is 368 g/mol. The van der Waals surface area contributed by atoms with Crippen LogP contribution in [0.15, 0.2) is 35.2 Å². The van der Waals surface area contributed by atoms with Gasteiger partial charge in [-0.3, -0.25) is 0 Å². The Morgan fingerprint density at radius 3 is 2.38 bits per heavy atom. The zero-order valence-electron chi connectivity index (χ0n) is 10.8. The Morgan fingerprint density at radius 2 is 1.67 bits per heavy atom. The molecule has 1 nitrogen and oxygen atoms in total. The van der Waals surface area contributed by atoms with Gasteiger partial charge in [-0.2, -0.15) is 0 Å². The molecule has 0 bridgehead atoms. The quantitative estimate of drug-likeness (QED) is 0.606. The highest BCUT2D eigenvalue weighted by atomic mass is 35.5. The van der Waals surface area contributed by atoms with Crippen molar-refractivity contribution in [1.82, 2.24) is 0 Å². The molecule has 110 valence electrons. The fourth-order valence-electron chi connectivity index (χ4n) is 2.37. The first-order chi connectivity index (χ1) is 10.0. The number of nitrogens with one attached hydrogen (secondary N) is 1. The number of fused-ring (bicyclic) bond motifs is 1. The zero-order chi connectivity index (χ0) is 15.0. The van der Waals surface area contributed by atoms with Gasteiger partial charge in [-0.15, -0.1) is 11.8 Å². The van der Waals surface area contributed by atoms with Crippen LogP contribution in [-0.4, -0.2) is 5.75 Å². The molecule has 0 spiro atoms. The van der Waals surface area contributed by atoms with Crippen LogP contribution in [0.25, 0.3) is 0 Å². The van der Waals surface area contributed by atoms with Gasteiger partial charge in [0, 0.05) is 20.7 Å². The van der Waals surface area contributed by atoms with Gasteiger partial charge in [0.05, 0.1) is 21.8 Å². The van der Waals surface area contributed by atoms with Gasteiger partial charge in [0.25, 0.3) is 0 Å². The van der Waals surface area contributed by atoms with E-state index in [4.69, 9.17) is 46.4 Å². The molecule has 0 amide bonds. The van der Waals surface area contributed by atoms with Gasteiger partial charge in [-0.05, 0) is 42.3 Å². The smallest absolute Gasteiger partial charge is 0.0724 e. The predicted octanol–water partition coefficient (Wildman–Crippen LogP) is 6.95. The van der Waals surface area contributed by atoms with E-state index in [1.165, 1.54) is 10.5 Å². The molecule has 2 aromatic carbocycles. The topological polar surface area (TPSA) is 12.0 Å². The Morgan fingerprint density at radius 1 is 0.952 bits per heavy atom. The molecule has 1 aliphatic heterocycles. The molecule has 0 radical (unpaired) electrons. The van der Waals surface area contributed by atoms with E-state index in [1.807, 2.05) is 23.9 Å². The van der Waals surface area contributed by atoms with Crippen molar-refractivity contribution >= 4 is 63.9 Å². The monoisotopic (exact) mass is 377 g/mol. The predicted molar refractivity (Wildman–Crippen MR) is 94.6 cm³/mol. The third-order valence-electron chi connectivity index (χ3n) is 3.34. The maximum Gasteiger partial charge on any atom is 0.0724 e. The summed E-state index contributed by atoms with van der Waals surface area (Å²) in [6.07, 6.45) is 0.979. The lowest BCUT2D eigenvalue weighted by Gasteiger charge is -2.28. The van der Waals surface area contributed by atoms with Crippen molar-refractivity contribution in [2.75, 3.05) is 11.1 Å². The van der Waals surface area contributed by atoms with E-state index in [0.717, 1.165) is 17.2 Å². The van der Waals surface area contributed by atoms with Crippen LogP contribution in [0.1, 0.15) is 18.0 Å². The molecule has 1 heterocycles. The first kappa shape index (κ1) is 15.6. The normalized spacial score (nSPS) is 17.4. The van der Waals surface area contributed by atoms with E-state index in [1.54, 1.807) is 12.1 Å². The van der Waals surface area contributed by atoms with E-state index in [2.05, 4.69) is 11.4 Å². The highest BCUT2D eigenvalue weighted by molar-refractivity contribution is 7.99. The molecule has 3 rings (SSSR count). The second kappa shape index (κ2) is 6.47. The molecule has 0 aromatic heterocycles. The molecule has 1 N–H and O–H groups in total. The third-order valence-corrected chi connectivity index (χ3v) is 5.51. The van der Waals surface area contributed by atoms with Crippen LogP contribution in [0.4, 0.5) is 5.69 Å². The molecule has 21 heavy (non-hydrogen) atoms. The van der Waals surface area contributed by atoms with Crippen molar-refractivity contribution in [2.24, 2.45) is 0 Å². The molecule has 0 aliphatic carbocycles. The zero-order valence-corrected chi connectivity index (χ0v) is 14.6. The molecule has 1 unspecified atom stereocenters. The summed E-state index contributed by atoms with van der Waals surface area (Å²) < 4.78 is 0. The summed E-state index contributed by atoms with van der Waals surface area (Å²) in [5.41, 5.74) is 1.89. The lowest BCUT2D eigenvalue weighted by molar-refractivity contribution is 0.729. The number of halogens is 4. The second-order valence-electron chi connectivity index (χ2n) is 4.76.